The lowest BCUT2D eigenvalue weighted by Gasteiger charge is -2.17. The maximum absolute atomic E-state index is 12.9. The van der Waals surface area contributed by atoms with Crippen LogP contribution in [0.15, 0.2) is 47.3 Å². The molecule has 8 nitrogen and oxygen atoms in total. The van der Waals surface area contributed by atoms with E-state index in [2.05, 4.69) is 0 Å². The molecule has 0 atom stereocenters. The Morgan fingerprint density at radius 1 is 1.15 bits per heavy atom. The number of nitro benzene ring substituents is 1. The van der Waals surface area contributed by atoms with Crippen molar-refractivity contribution in [3.8, 4) is 0 Å². The van der Waals surface area contributed by atoms with Crippen LogP contribution in [0.25, 0.3) is 11.0 Å². The van der Waals surface area contributed by atoms with Crippen molar-refractivity contribution in [2.75, 3.05) is 11.4 Å². The summed E-state index contributed by atoms with van der Waals surface area (Å²) in [4.78, 5) is 37.8. The van der Waals surface area contributed by atoms with E-state index in [0.717, 1.165) is 11.1 Å². The molecule has 1 aliphatic heterocycles. The predicted molar refractivity (Wildman–Crippen MR) is 101 cm³/mol. The van der Waals surface area contributed by atoms with Gasteiger partial charge in [0.05, 0.1) is 21.6 Å². The van der Waals surface area contributed by atoms with Crippen molar-refractivity contribution in [1.29, 1.82) is 0 Å². The summed E-state index contributed by atoms with van der Waals surface area (Å²) < 4.78 is 3.10. The van der Waals surface area contributed by atoms with Gasteiger partial charge in [0.1, 0.15) is 6.54 Å². The number of fused-ring (bicyclic) bond motifs is 2. The largest absolute Gasteiger partial charge is 0.329 e. The summed E-state index contributed by atoms with van der Waals surface area (Å²) in [6.07, 6.45) is 0.644. The van der Waals surface area contributed by atoms with Gasteiger partial charge in [0.25, 0.3) is 5.69 Å². The number of benzene rings is 2. The van der Waals surface area contributed by atoms with Crippen LogP contribution in [-0.4, -0.2) is 26.5 Å². The van der Waals surface area contributed by atoms with E-state index in [0.29, 0.717) is 30.7 Å². The number of non-ortho nitro benzene ring substituents is 1. The van der Waals surface area contributed by atoms with Crippen LogP contribution in [0.2, 0.25) is 0 Å². The van der Waals surface area contributed by atoms with Gasteiger partial charge in [-0.1, -0.05) is 18.2 Å². The standard InChI is InChI=1S/C19H18N4O4/c1-2-20-15-5-3-4-6-16(15)22(19(20)25)12-18(24)21-10-9-13-7-8-14(23(26)27)11-17(13)21/h3-8,11H,2,9-10,12H2,1H3. The van der Waals surface area contributed by atoms with E-state index in [-0.39, 0.29) is 23.8 Å². The molecule has 0 bridgehead atoms. The zero-order chi connectivity index (χ0) is 19.1. The summed E-state index contributed by atoms with van der Waals surface area (Å²) >= 11 is 0. The first kappa shape index (κ1) is 17.0. The molecule has 0 fully saturated rings. The van der Waals surface area contributed by atoms with Crippen molar-refractivity contribution >= 4 is 28.3 Å². The fourth-order valence-corrected chi connectivity index (χ4v) is 3.69. The zero-order valence-corrected chi connectivity index (χ0v) is 14.8. The summed E-state index contributed by atoms with van der Waals surface area (Å²) in [5.41, 5.74) is 2.67. The summed E-state index contributed by atoms with van der Waals surface area (Å²) in [5, 5.41) is 11.0. The van der Waals surface area contributed by atoms with Gasteiger partial charge in [0.2, 0.25) is 5.91 Å². The predicted octanol–water partition coefficient (Wildman–Crippen LogP) is 2.32. The summed E-state index contributed by atoms with van der Waals surface area (Å²) in [6, 6.07) is 11.9. The molecule has 0 saturated heterocycles. The minimum absolute atomic E-state index is 0.0480. The highest BCUT2D eigenvalue weighted by molar-refractivity contribution is 5.96. The molecule has 2 heterocycles. The van der Waals surface area contributed by atoms with Crippen LogP contribution in [0.3, 0.4) is 0 Å². The average Bonchev–Trinajstić information content (AvgIpc) is 3.20. The molecule has 0 spiro atoms. The first-order valence-corrected chi connectivity index (χ1v) is 8.77. The zero-order valence-electron chi connectivity index (χ0n) is 14.8. The van der Waals surface area contributed by atoms with E-state index >= 15 is 0 Å². The Hall–Kier alpha value is -3.42. The molecule has 0 radical (unpaired) electrons. The minimum Gasteiger partial charge on any atom is -0.310 e. The van der Waals surface area contributed by atoms with E-state index < -0.39 is 4.92 Å². The van der Waals surface area contributed by atoms with Crippen LogP contribution >= 0.6 is 0 Å². The Bertz CT molecular complexity index is 1130. The third-order valence-corrected chi connectivity index (χ3v) is 5.01. The van der Waals surface area contributed by atoms with Gasteiger partial charge in [-0.2, -0.15) is 0 Å². The molecule has 1 aromatic heterocycles. The van der Waals surface area contributed by atoms with Crippen molar-refractivity contribution in [1.82, 2.24) is 9.13 Å². The van der Waals surface area contributed by atoms with Gasteiger partial charge in [0.15, 0.2) is 0 Å². The molecule has 0 unspecified atom stereocenters. The second kappa shape index (κ2) is 6.39. The average molecular weight is 366 g/mol. The lowest BCUT2D eigenvalue weighted by molar-refractivity contribution is -0.384. The van der Waals surface area contributed by atoms with Crippen LogP contribution in [0.5, 0.6) is 0 Å². The molecule has 1 aliphatic rings. The van der Waals surface area contributed by atoms with Crippen LogP contribution < -0.4 is 10.6 Å². The normalized spacial score (nSPS) is 13.1. The summed E-state index contributed by atoms with van der Waals surface area (Å²) in [7, 11) is 0. The molecular formula is C19H18N4O4. The van der Waals surface area contributed by atoms with Crippen molar-refractivity contribution in [3.63, 3.8) is 0 Å². The van der Waals surface area contributed by atoms with Crippen molar-refractivity contribution in [3.05, 3.63) is 68.6 Å². The number of aromatic nitrogens is 2. The maximum Gasteiger partial charge on any atom is 0.329 e. The Morgan fingerprint density at radius 3 is 2.52 bits per heavy atom. The molecule has 2 aromatic carbocycles. The summed E-state index contributed by atoms with van der Waals surface area (Å²) in [5.74, 6) is -0.254. The van der Waals surface area contributed by atoms with Crippen LogP contribution in [0.1, 0.15) is 12.5 Å². The Labute approximate surface area is 154 Å². The quantitative estimate of drug-likeness (QED) is 0.523. The number of aryl methyl sites for hydroxylation is 1. The van der Waals surface area contributed by atoms with Crippen molar-refractivity contribution in [2.45, 2.75) is 26.4 Å². The van der Waals surface area contributed by atoms with E-state index in [4.69, 9.17) is 0 Å². The maximum atomic E-state index is 12.9. The number of imidazole rings is 1. The van der Waals surface area contributed by atoms with Gasteiger partial charge in [0, 0.05) is 25.2 Å². The lowest BCUT2D eigenvalue weighted by Crippen LogP contribution is -2.35. The number of amides is 1. The van der Waals surface area contributed by atoms with Gasteiger partial charge >= 0.3 is 5.69 Å². The second-order valence-corrected chi connectivity index (χ2v) is 6.47. The molecule has 8 heteroatoms. The smallest absolute Gasteiger partial charge is 0.310 e. The molecule has 3 aromatic rings. The fraction of sp³-hybridized carbons (Fsp3) is 0.263. The van der Waals surface area contributed by atoms with E-state index in [9.17, 15) is 19.7 Å². The molecule has 0 aliphatic carbocycles. The molecule has 0 N–H and O–H groups in total. The molecule has 4 rings (SSSR count). The highest BCUT2D eigenvalue weighted by atomic mass is 16.6. The number of hydrogen-bond donors (Lipinski definition) is 0. The number of carbonyl (C=O) groups is 1. The number of anilines is 1. The Kier molecular flexibility index (Phi) is 4.02. The van der Waals surface area contributed by atoms with Gasteiger partial charge in [-0.3, -0.25) is 24.0 Å². The highest BCUT2D eigenvalue weighted by Gasteiger charge is 2.27. The number of nitro groups is 1. The summed E-state index contributed by atoms with van der Waals surface area (Å²) in [6.45, 7) is 2.75. The monoisotopic (exact) mass is 366 g/mol. The molecule has 138 valence electrons. The van der Waals surface area contributed by atoms with E-state index in [1.807, 2.05) is 31.2 Å². The van der Waals surface area contributed by atoms with Crippen molar-refractivity contribution in [2.24, 2.45) is 0 Å². The lowest BCUT2D eigenvalue weighted by atomic mass is 10.1. The van der Waals surface area contributed by atoms with Gasteiger partial charge < -0.3 is 4.90 Å². The molecule has 0 saturated carbocycles. The van der Waals surface area contributed by atoms with Crippen LogP contribution in [0.4, 0.5) is 11.4 Å². The molecule has 1 amide bonds. The molecule has 27 heavy (non-hydrogen) atoms. The number of carbonyl (C=O) groups excluding carboxylic acids is 1. The number of para-hydroxylation sites is 2. The number of rotatable bonds is 4. The first-order valence-electron chi connectivity index (χ1n) is 8.77. The Morgan fingerprint density at radius 2 is 1.85 bits per heavy atom. The topological polar surface area (TPSA) is 90.4 Å². The van der Waals surface area contributed by atoms with Crippen LogP contribution in [-0.2, 0) is 24.3 Å². The van der Waals surface area contributed by atoms with Gasteiger partial charge in [-0.05, 0) is 31.0 Å². The second-order valence-electron chi connectivity index (χ2n) is 6.47. The van der Waals surface area contributed by atoms with Crippen molar-refractivity contribution < 1.29 is 9.72 Å². The first-order chi connectivity index (χ1) is 13.0. The number of hydrogen-bond acceptors (Lipinski definition) is 4. The number of nitrogens with zero attached hydrogens (tertiary/aromatic N) is 4. The minimum atomic E-state index is -0.472. The highest BCUT2D eigenvalue weighted by Crippen LogP contribution is 2.32. The fourth-order valence-electron chi connectivity index (χ4n) is 3.69. The SMILES string of the molecule is CCn1c(=O)n(CC(=O)N2CCc3ccc([N+](=O)[O-])cc32)c2ccccc21. The van der Waals surface area contributed by atoms with Crippen LogP contribution in [0, 0.1) is 10.1 Å². The molecular weight excluding hydrogens is 348 g/mol. The van der Waals surface area contributed by atoms with Gasteiger partial charge in [-0.25, -0.2) is 4.79 Å². The van der Waals surface area contributed by atoms with E-state index in [1.165, 1.54) is 21.6 Å². The third kappa shape index (κ3) is 2.69. The van der Waals surface area contributed by atoms with Gasteiger partial charge in [-0.15, -0.1) is 0 Å². The van der Waals surface area contributed by atoms with E-state index in [1.54, 1.807) is 10.6 Å². The third-order valence-electron chi connectivity index (χ3n) is 5.01. The Balaban J connectivity index is 1.71.